The fourth-order valence-electron chi connectivity index (χ4n) is 3.13. The third-order valence-corrected chi connectivity index (χ3v) is 4.35. The molecule has 0 spiro atoms. The van der Waals surface area contributed by atoms with Crippen LogP contribution in [0.2, 0.25) is 0 Å². The average Bonchev–Trinajstić information content (AvgIpc) is 2.77. The van der Waals surface area contributed by atoms with Crippen molar-refractivity contribution in [3.05, 3.63) is 22.4 Å². The summed E-state index contributed by atoms with van der Waals surface area (Å²) in [6.07, 6.45) is 1.56. The summed E-state index contributed by atoms with van der Waals surface area (Å²) in [5, 5.41) is 1.96. The molecule has 1 aromatic heterocycles. The average molecular weight is 295 g/mol. The van der Waals surface area contributed by atoms with Crippen molar-refractivity contribution >= 4 is 17.1 Å². The Hall–Kier alpha value is -0.710. The highest BCUT2D eigenvalue weighted by molar-refractivity contribution is 7.12. The number of thiophene rings is 1. The maximum atomic E-state index is 12.0. The zero-order valence-corrected chi connectivity index (χ0v) is 13.8. The lowest BCUT2D eigenvalue weighted by Crippen LogP contribution is -2.57. The normalized spacial score (nSPS) is 21.8. The molecule has 0 atom stereocenters. The van der Waals surface area contributed by atoms with Crippen LogP contribution in [0.5, 0.6) is 0 Å². The quantitative estimate of drug-likeness (QED) is 0.777. The number of Topliss-reactive ketones (excluding diaryl/α,β-unsaturated/α-hetero) is 1. The summed E-state index contributed by atoms with van der Waals surface area (Å²) in [4.78, 5) is 15.3. The van der Waals surface area contributed by atoms with Gasteiger partial charge in [0.1, 0.15) is 0 Å². The molecular formula is C16H25NO2S. The van der Waals surface area contributed by atoms with Crippen molar-refractivity contribution in [2.45, 2.75) is 51.7 Å². The first-order valence-corrected chi connectivity index (χ1v) is 8.15. The lowest BCUT2D eigenvalue weighted by atomic mass is 9.98. The molecule has 0 radical (unpaired) electrons. The number of ether oxygens (including phenoxy) is 1. The molecule has 0 saturated carbocycles. The molecule has 20 heavy (non-hydrogen) atoms. The van der Waals surface area contributed by atoms with Crippen molar-refractivity contribution < 1.29 is 9.53 Å². The van der Waals surface area contributed by atoms with Gasteiger partial charge in [0.2, 0.25) is 0 Å². The maximum absolute atomic E-state index is 12.0. The highest BCUT2D eigenvalue weighted by Crippen LogP contribution is 2.28. The largest absolute Gasteiger partial charge is 0.367 e. The molecule has 0 aliphatic carbocycles. The summed E-state index contributed by atoms with van der Waals surface area (Å²) in [5.41, 5.74) is -0.223. The number of ketones is 1. The molecule has 1 fully saturated rings. The van der Waals surface area contributed by atoms with Crippen molar-refractivity contribution in [1.82, 2.24) is 4.90 Å². The lowest BCUT2D eigenvalue weighted by Gasteiger charge is -2.47. The summed E-state index contributed by atoms with van der Waals surface area (Å²) < 4.78 is 6.07. The number of rotatable bonds is 5. The van der Waals surface area contributed by atoms with Crippen molar-refractivity contribution in [3.8, 4) is 0 Å². The molecule has 0 amide bonds. The van der Waals surface area contributed by atoms with Gasteiger partial charge in [-0.1, -0.05) is 6.07 Å². The van der Waals surface area contributed by atoms with E-state index < -0.39 is 0 Å². The van der Waals surface area contributed by atoms with Crippen molar-refractivity contribution in [1.29, 1.82) is 0 Å². The summed E-state index contributed by atoms with van der Waals surface area (Å²) in [5.74, 6) is 0.270. The van der Waals surface area contributed by atoms with Gasteiger partial charge in [-0.05, 0) is 52.1 Å². The second-order valence-corrected chi connectivity index (χ2v) is 7.78. The van der Waals surface area contributed by atoms with E-state index in [1.54, 1.807) is 0 Å². The van der Waals surface area contributed by atoms with Gasteiger partial charge in [-0.3, -0.25) is 9.69 Å². The van der Waals surface area contributed by atoms with Crippen molar-refractivity contribution in [2.24, 2.45) is 0 Å². The highest BCUT2D eigenvalue weighted by atomic mass is 32.1. The molecule has 2 rings (SSSR count). The van der Waals surface area contributed by atoms with Gasteiger partial charge < -0.3 is 4.74 Å². The van der Waals surface area contributed by atoms with E-state index in [2.05, 4.69) is 32.6 Å². The van der Waals surface area contributed by atoms with Crippen LogP contribution in [0.15, 0.2) is 17.5 Å². The predicted molar refractivity (Wildman–Crippen MR) is 83.6 cm³/mol. The molecule has 0 aromatic carbocycles. The zero-order valence-electron chi connectivity index (χ0n) is 12.9. The number of carbonyl (C=O) groups is 1. The minimum absolute atomic E-state index is 0.112. The Labute approximate surface area is 125 Å². The van der Waals surface area contributed by atoms with E-state index in [-0.39, 0.29) is 17.0 Å². The Morgan fingerprint density at radius 3 is 2.50 bits per heavy atom. The Kier molecular flexibility index (Phi) is 4.67. The fourth-order valence-corrected chi connectivity index (χ4v) is 3.82. The van der Waals surface area contributed by atoms with Gasteiger partial charge in [0.25, 0.3) is 0 Å². The van der Waals surface area contributed by atoms with E-state index in [1.807, 2.05) is 17.5 Å². The molecule has 1 aliphatic rings. The molecule has 1 aliphatic heterocycles. The van der Waals surface area contributed by atoms with Gasteiger partial charge in [-0.2, -0.15) is 0 Å². The first kappa shape index (κ1) is 15.7. The molecule has 3 nitrogen and oxygen atoms in total. The standard InChI is InChI=1S/C16H25NO2S/c1-15(2)11-17(12-16(3,4)19-15)9-5-7-13(18)14-8-6-10-20-14/h6,8,10H,5,7,9,11-12H2,1-4H3. The monoisotopic (exact) mass is 295 g/mol. The van der Waals surface area contributed by atoms with Crippen LogP contribution in [0.1, 0.15) is 50.2 Å². The van der Waals surface area contributed by atoms with Gasteiger partial charge in [0, 0.05) is 19.5 Å². The van der Waals surface area contributed by atoms with Crippen LogP contribution in [0, 0.1) is 0 Å². The molecule has 0 unspecified atom stereocenters. The first-order valence-electron chi connectivity index (χ1n) is 7.27. The maximum Gasteiger partial charge on any atom is 0.172 e. The van der Waals surface area contributed by atoms with Crippen LogP contribution < -0.4 is 0 Å². The summed E-state index contributed by atoms with van der Waals surface area (Å²) >= 11 is 1.53. The number of nitrogens with zero attached hydrogens (tertiary/aromatic N) is 1. The Balaban J connectivity index is 1.80. The summed E-state index contributed by atoms with van der Waals surface area (Å²) in [6.45, 7) is 11.4. The Bertz CT molecular complexity index is 435. The summed E-state index contributed by atoms with van der Waals surface area (Å²) in [7, 11) is 0. The number of morpholine rings is 1. The summed E-state index contributed by atoms with van der Waals surface area (Å²) in [6, 6.07) is 3.85. The van der Waals surface area contributed by atoms with Gasteiger partial charge in [0.05, 0.1) is 16.1 Å². The third kappa shape index (κ3) is 4.40. The van der Waals surface area contributed by atoms with Crippen LogP contribution in [0.25, 0.3) is 0 Å². The van der Waals surface area contributed by atoms with Crippen LogP contribution >= 0.6 is 11.3 Å². The molecule has 1 saturated heterocycles. The fraction of sp³-hybridized carbons (Fsp3) is 0.688. The SMILES string of the molecule is CC1(C)CN(CCCC(=O)c2cccs2)CC(C)(C)O1. The second kappa shape index (κ2) is 5.96. The zero-order chi connectivity index (χ0) is 14.8. The minimum Gasteiger partial charge on any atom is -0.367 e. The van der Waals surface area contributed by atoms with Crippen LogP contribution in [0.4, 0.5) is 0 Å². The number of carbonyl (C=O) groups excluding carboxylic acids is 1. The van der Waals surface area contributed by atoms with Crippen molar-refractivity contribution in [3.63, 3.8) is 0 Å². The smallest absolute Gasteiger partial charge is 0.172 e. The van der Waals surface area contributed by atoms with Crippen LogP contribution in [-0.4, -0.2) is 41.5 Å². The minimum atomic E-state index is -0.112. The van der Waals surface area contributed by atoms with E-state index in [9.17, 15) is 4.79 Å². The first-order chi connectivity index (χ1) is 9.27. The topological polar surface area (TPSA) is 29.5 Å². The lowest BCUT2D eigenvalue weighted by molar-refractivity contribution is -0.180. The van der Waals surface area contributed by atoms with Crippen LogP contribution in [0.3, 0.4) is 0 Å². The Morgan fingerprint density at radius 1 is 1.30 bits per heavy atom. The van der Waals surface area contributed by atoms with E-state index in [0.717, 1.165) is 30.9 Å². The molecule has 4 heteroatoms. The Morgan fingerprint density at radius 2 is 1.95 bits per heavy atom. The van der Waals surface area contributed by atoms with Gasteiger partial charge in [-0.15, -0.1) is 11.3 Å². The molecule has 0 N–H and O–H groups in total. The number of hydrogen-bond donors (Lipinski definition) is 0. The van der Waals surface area contributed by atoms with Crippen LogP contribution in [-0.2, 0) is 4.74 Å². The molecule has 1 aromatic rings. The molecular weight excluding hydrogens is 270 g/mol. The molecule has 0 bridgehead atoms. The van der Waals surface area contributed by atoms with Gasteiger partial charge in [-0.25, -0.2) is 0 Å². The van der Waals surface area contributed by atoms with Crippen molar-refractivity contribution in [2.75, 3.05) is 19.6 Å². The second-order valence-electron chi connectivity index (χ2n) is 6.84. The number of hydrogen-bond acceptors (Lipinski definition) is 4. The van der Waals surface area contributed by atoms with Gasteiger partial charge in [0.15, 0.2) is 5.78 Å². The molecule has 2 heterocycles. The van der Waals surface area contributed by atoms with E-state index in [1.165, 1.54) is 11.3 Å². The van der Waals surface area contributed by atoms with E-state index in [4.69, 9.17) is 4.74 Å². The van der Waals surface area contributed by atoms with E-state index >= 15 is 0 Å². The molecule has 112 valence electrons. The third-order valence-electron chi connectivity index (χ3n) is 3.44. The highest BCUT2D eigenvalue weighted by Gasteiger charge is 2.37. The van der Waals surface area contributed by atoms with E-state index in [0.29, 0.717) is 6.42 Å². The predicted octanol–water partition coefficient (Wildman–Crippen LogP) is 3.60. The van der Waals surface area contributed by atoms with Gasteiger partial charge >= 0.3 is 0 Å².